The van der Waals surface area contributed by atoms with Crippen LogP contribution in [0.4, 0.5) is 0 Å². The van der Waals surface area contributed by atoms with E-state index in [1.807, 2.05) is 0 Å². The maximum absolute atomic E-state index is 12.0. The van der Waals surface area contributed by atoms with Crippen molar-refractivity contribution in [3.63, 3.8) is 0 Å². The van der Waals surface area contributed by atoms with Crippen LogP contribution in [0.15, 0.2) is 53.7 Å². The second-order valence-corrected chi connectivity index (χ2v) is 4.31. The summed E-state index contributed by atoms with van der Waals surface area (Å²) in [6.45, 7) is 0. The molecule has 18 heavy (non-hydrogen) atoms. The zero-order valence-corrected chi connectivity index (χ0v) is 12.6. The van der Waals surface area contributed by atoms with Crippen LogP contribution in [0.5, 0.6) is 0 Å². The smallest absolute Gasteiger partial charge is 1.00 e. The van der Waals surface area contributed by atoms with Crippen molar-refractivity contribution in [3.05, 3.63) is 59.9 Å². The standard InChI is InChI=1S/C12H9NO3S.Na.H/c14-12(10-5-7-13-8-6-10)9-1-3-11(4-2-9)17(15)16;;/h1-8H,(H,15,16);;/q;+1;-1. The minimum Gasteiger partial charge on any atom is -1.00 e. The van der Waals surface area contributed by atoms with Crippen molar-refractivity contribution in [2.24, 2.45) is 0 Å². The second-order valence-electron chi connectivity index (χ2n) is 3.34. The van der Waals surface area contributed by atoms with Gasteiger partial charge in [-0.1, -0.05) is 0 Å². The maximum Gasteiger partial charge on any atom is 1.00 e. The summed E-state index contributed by atoms with van der Waals surface area (Å²) >= 11 is -2.02. The normalized spacial score (nSPS) is 11.4. The SMILES string of the molecule is O=C(c1ccncc1)c1ccc(S(=O)O)cc1.[H-].[Na+]. The molecule has 1 aromatic heterocycles. The molecule has 1 N–H and O–H groups in total. The van der Waals surface area contributed by atoms with E-state index in [2.05, 4.69) is 4.98 Å². The van der Waals surface area contributed by atoms with Gasteiger partial charge in [-0.05, 0) is 36.4 Å². The fraction of sp³-hybridized carbons (Fsp3) is 0. The molecule has 0 saturated carbocycles. The first-order valence-corrected chi connectivity index (χ1v) is 5.95. The third-order valence-corrected chi connectivity index (χ3v) is 2.94. The van der Waals surface area contributed by atoms with E-state index in [1.165, 1.54) is 24.3 Å². The van der Waals surface area contributed by atoms with Crippen molar-refractivity contribution in [1.29, 1.82) is 0 Å². The molecule has 1 heterocycles. The zero-order chi connectivity index (χ0) is 12.3. The fourth-order valence-electron chi connectivity index (χ4n) is 1.39. The van der Waals surface area contributed by atoms with Crippen molar-refractivity contribution in [3.8, 4) is 0 Å². The number of carbonyl (C=O) groups excluding carboxylic acids is 1. The summed E-state index contributed by atoms with van der Waals surface area (Å²) in [6.07, 6.45) is 3.09. The van der Waals surface area contributed by atoms with Crippen molar-refractivity contribution in [2.75, 3.05) is 0 Å². The van der Waals surface area contributed by atoms with Gasteiger partial charge in [0.2, 0.25) is 0 Å². The number of hydrogen-bond acceptors (Lipinski definition) is 3. The molecule has 0 saturated heterocycles. The minimum atomic E-state index is -2.02. The molecule has 0 aliphatic carbocycles. The fourth-order valence-corrected chi connectivity index (χ4v) is 1.76. The topological polar surface area (TPSA) is 67.3 Å². The monoisotopic (exact) mass is 271 g/mol. The molecule has 4 nitrogen and oxygen atoms in total. The average Bonchev–Trinajstić information content (AvgIpc) is 2.39. The molecular formula is C12H10NNaO3S. The van der Waals surface area contributed by atoms with Gasteiger partial charge in [-0.3, -0.25) is 9.78 Å². The summed E-state index contributed by atoms with van der Waals surface area (Å²) in [5.74, 6) is -0.136. The number of ketones is 1. The first-order valence-electron chi connectivity index (χ1n) is 4.84. The number of pyridine rings is 1. The van der Waals surface area contributed by atoms with Gasteiger partial charge in [0, 0.05) is 23.5 Å². The van der Waals surface area contributed by atoms with Crippen LogP contribution in [0.3, 0.4) is 0 Å². The van der Waals surface area contributed by atoms with Gasteiger partial charge in [0.25, 0.3) is 0 Å². The maximum atomic E-state index is 12.0. The molecule has 2 aromatic rings. The Morgan fingerprint density at radius 2 is 1.56 bits per heavy atom. The molecule has 0 bridgehead atoms. The van der Waals surface area contributed by atoms with Crippen LogP contribution in [-0.4, -0.2) is 19.5 Å². The Morgan fingerprint density at radius 1 is 1.06 bits per heavy atom. The van der Waals surface area contributed by atoms with Crippen LogP contribution in [0.1, 0.15) is 17.3 Å². The third kappa shape index (κ3) is 3.57. The molecule has 0 fully saturated rings. The largest absolute Gasteiger partial charge is 1.00 e. The Morgan fingerprint density at radius 3 is 2.06 bits per heavy atom. The molecular weight excluding hydrogens is 261 g/mol. The van der Waals surface area contributed by atoms with Gasteiger partial charge >= 0.3 is 29.6 Å². The molecule has 1 atom stereocenters. The van der Waals surface area contributed by atoms with Crippen molar-refractivity contribution in [1.82, 2.24) is 4.98 Å². The van der Waals surface area contributed by atoms with E-state index < -0.39 is 11.1 Å². The van der Waals surface area contributed by atoms with E-state index in [-0.39, 0.29) is 41.7 Å². The van der Waals surface area contributed by atoms with Crippen LogP contribution in [0, 0.1) is 0 Å². The number of aromatic nitrogens is 1. The van der Waals surface area contributed by atoms with Gasteiger partial charge in [-0.2, -0.15) is 0 Å². The van der Waals surface area contributed by atoms with Gasteiger partial charge < -0.3 is 5.98 Å². The predicted octanol–water partition coefficient (Wildman–Crippen LogP) is -0.990. The molecule has 0 aliphatic rings. The molecule has 1 aromatic carbocycles. The Kier molecular flexibility index (Phi) is 5.84. The van der Waals surface area contributed by atoms with Gasteiger partial charge in [-0.15, -0.1) is 0 Å². The Bertz CT molecular complexity index is 563. The molecule has 0 amide bonds. The molecule has 0 spiro atoms. The molecule has 1 unspecified atom stereocenters. The zero-order valence-electron chi connectivity index (χ0n) is 10.7. The number of rotatable bonds is 3. The van der Waals surface area contributed by atoms with E-state index in [0.29, 0.717) is 11.1 Å². The van der Waals surface area contributed by atoms with Crippen LogP contribution in [0.25, 0.3) is 0 Å². The van der Waals surface area contributed by atoms with Crippen LogP contribution < -0.4 is 29.6 Å². The summed E-state index contributed by atoms with van der Waals surface area (Å²) in [6, 6.07) is 9.24. The van der Waals surface area contributed by atoms with Crippen LogP contribution >= 0.6 is 0 Å². The van der Waals surface area contributed by atoms with Crippen molar-refractivity contribution in [2.45, 2.75) is 4.90 Å². The Labute approximate surface area is 131 Å². The van der Waals surface area contributed by atoms with Gasteiger partial charge in [0.05, 0.1) is 4.90 Å². The molecule has 2 rings (SSSR count). The van der Waals surface area contributed by atoms with E-state index in [0.717, 1.165) is 0 Å². The van der Waals surface area contributed by atoms with Gasteiger partial charge in [0.1, 0.15) is 0 Å². The van der Waals surface area contributed by atoms with E-state index in [9.17, 15) is 9.00 Å². The third-order valence-electron chi connectivity index (χ3n) is 2.26. The first kappa shape index (κ1) is 15.2. The molecule has 6 heteroatoms. The van der Waals surface area contributed by atoms with E-state index >= 15 is 0 Å². The quantitative estimate of drug-likeness (QED) is 0.442. The summed E-state index contributed by atoms with van der Waals surface area (Å²) in [5, 5.41) is 0. The number of benzene rings is 1. The Balaban J connectivity index is 0.00000162. The number of carbonyl (C=O) groups is 1. The molecule has 0 aliphatic heterocycles. The van der Waals surface area contributed by atoms with Crippen LogP contribution in [0.2, 0.25) is 0 Å². The van der Waals surface area contributed by atoms with Crippen LogP contribution in [-0.2, 0) is 11.1 Å². The molecule has 0 radical (unpaired) electrons. The van der Waals surface area contributed by atoms with E-state index in [1.54, 1.807) is 24.5 Å². The predicted molar refractivity (Wildman–Crippen MR) is 64.3 cm³/mol. The first-order chi connectivity index (χ1) is 8.18. The summed E-state index contributed by atoms with van der Waals surface area (Å²) in [4.78, 5) is 16.1. The summed E-state index contributed by atoms with van der Waals surface area (Å²) < 4.78 is 19.6. The van der Waals surface area contributed by atoms with Crippen molar-refractivity contribution >= 4 is 16.9 Å². The summed E-state index contributed by atoms with van der Waals surface area (Å²) in [7, 11) is 0. The van der Waals surface area contributed by atoms with Gasteiger partial charge in [-0.25, -0.2) is 4.21 Å². The number of nitrogens with zero attached hydrogens (tertiary/aromatic N) is 1. The average molecular weight is 271 g/mol. The van der Waals surface area contributed by atoms with Crippen molar-refractivity contribution < 1.29 is 44.5 Å². The van der Waals surface area contributed by atoms with E-state index in [4.69, 9.17) is 4.55 Å². The summed E-state index contributed by atoms with van der Waals surface area (Å²) in [5.41, 5.74) is 1.02. The van der Waals surface area contributed by atoms with Gasteiger partial charge in [0.15, 0.2) is 16.9 Å². The molecule has 88 valence electrons. The number of hydrogen-bond donors (Lipinski definition) is 1. The second kappa shape index (κ2) is 6.92. The minimum absolute atomic E-state index is 0. The Hall–Kier alpha value is -0.850.